The van der Waals surface area contributed by atoms with Crippen LogP contribution in [0.15, 0.2) is 4.42 Å². The highest BCUT2D eigenvalue weighted by Gasteiger charge is 2.26. The molecular formula is C12H19NO2. The van der Waals surface area contributed by atoms with Gasteiger partial charge in [-0.05, 0) is 38.7 Å². The fraction of sp³-hybridized carbons (Fsp3) is 0.667. The van der Waals surface area contributed by atoms with E-state index in [2.05, 4.69) is 0 Å². The molecule has 2 rings (SSSR count). The van der Waals surface area contributed by atoms with Crippen LogP contribution in [0, 0.1) is 6.92 Å². The molecule has 84 valence electrons. The summed E-state index contributed by atoms with van der Waals surface area (Å²) in [5, 5.41) is 10.0. The van der Waals surface area contributed by atoms with Crippen molar-refractivity contribution < 1.29 is 9.52 Å². The zero-order valence-electron chi connectivity index (χ0n) is 9.42. The number of hydrogen-bond acceptors (Lipinski definition) is 3. The van der Waals surface area contributed by atoms with Gasteiger partial charge in [-0.3, -0.25) is 0 Å². The molecule has 0 aromatic carbocycles. The van der Waals surface area contributed by atoms with Crippen molar-refractivity contribution in [2.24, 2.45) is 5.73 Å². The minimum atomic E-state index is -0.587. The Morgan fingerprint density at radius 2 is 2.00 bits per heavy atom. The number of aliphatic hydroxyl groups is 1. The summed E-state index contributed by atoms with van der Waals surface area (Å²) >= 11 is 0. The molecule has 3 heteroatoms. The van der Waals surface area contributed by atoms with Crippen LogP contribution in [0.4, 0.5) is 0 Å². The Morgan fingerprint density at radius 3 is 2.67 bits per heavy atom. The van der Waals surface area contributed by atoms with Gasteiger partial charge in [-0.2, -0.15) is 0 Å². The molecule has 2 unspecified atom stereocenters. The molecule has 0 saturated carbocycles. The van der Waals surface area contributed by atoms with Gasteiger partial charge >= 0.3 is 0 Å². The third-order valence-electron chi connectivity index (χ3n) is 3.19. The largest absolute Gasteiger partial charge is 0.466 e. The molecule has 15 heavy (non-hydrogen) atoms. The van der Waals surface area contributed by atoms with Crippen molar-refractivity contribution in [1.29, 1.82) is 0 Å². The summed E-state index contributed by atoms with van der Waals surface area (Å²) in [6.07, 6.45) is 3.81. The van der Waals surface area contributed by atoms with E-state index < -0.39 is 6.10 Å². The molecule has 2 atom stereocenters. The van der Waals surface area contributed by atoms with Gasteiger partial charge in [0.1, 0.15) is 11.5 Å². The Kier molecular flexibility index (Phi) is 2.85. The van der Waals surface area contributed by atoms with Crippen LogP contribution in [0.3, 0.4) is 0 Å². The molecule has 0 aliphatic heterocycles. The van der Waals surface area contributed by atoms with Crippen molar-refractivity contribution in [3.8, 4) is 0 Å². The van der Waals surface area contributed by atoms with Crippen LogP contribution >= 0.6 is 0 Å². The molecule has 1 aromatic heterocycles. The second kappa shape index (κ2) is 3.99. The predicted molar refractivity (Wildman–Crippen MR) is 58.7 cm³/mol. The van der Waals surface area contributed by atoms with E-state index in [4.69, 9.17) is 10.2 Å². The minimum Gasteiger partial charge on any atom is -0.466 e. The molecule has 0 spiro atoms. The zero-order chi connectivity index (χ0) is 11.0. The Bertz CT molecular complexity index is 355. The Labute approximate surface area is 90.3 Å². The lowest BCUT2D eigenvalue weighted by Crippen LogP contribution is -2.25. The van der Waals surface area contributed by atoms with Crippen molar-refractivity contribution >= 4 is 0 Å². The number of nitrogens with two attached hydrogens (primary N) is 1. The van der Waals surface area contributed by atoms with Crippen molar-refractivity contribution in [3.63, 3.8) is 0 Å². The number of hydrogen-bond donors (Lipinski definition) is 2. The second-order valence-electron chi connectivity index (χ2n) is 4.48. The SMILES string of the molecule is Cc1oc2c(c1C(O)C(C)N)CCCC2. The molecule has 3 nitrogen and oxygen atoms in total. The number of fused-ring (bicyclic) bond motifs is 1. The van der Waals surface area contributed by atoms with Crippen LogP contribution in [0.5, 0.6) is 0 Å². The van der Waals surface area contributed by atoms with Crippen molar-refractivity contribution in [1.82, 2.24) is 0 Å². The highest BCUT2D eigenvalue weighted by atomic mass is 16.3. The predicted octanol–water partition coefficient (Wildman–Crippen LogP) is 1.85. The monoisotopic (exact) mass is 209 g/mol. The number of aliphatic hydroxyl groups excluding tert-OH is 1. The molecule has 0 saturated heterocycles. The van der Waals surface area contributed by atoms with Crippen molar-refractivity contribution in [2.75, 3.05) is 0 Å². The summed E-state index contributed by atoms with van der Waals surface area (Å²) in [6.45, 7) is 3.74. The van der Waals surface area contributed by atoms with Gasteiger partial charge in [-0.15, -0.1) is 0 Å². The van der Waals surface area contributed by atoms with Gasteiger partial charge in [0.05, 0.1) is 6.10 Å². The van der Waals surface area contributed by atoms with E-state index >= 15 is 0 Å². The van der Waals surface area contributed by atoms with Gasteiger partial charge in [0.25, 0.3) is 0 Å². The molecule has 0 bridgehead atoms. The molecule has 0 amide bonds. The first-order valence-corrected chi connectivity index (χ1v) is 5.66. The Balaban J connectivity index is 2.41. The maximum Gasteiger partial charge on any atom is 0.107 e. The van der Waals surface area contributed by atoms with Gasteiger partial charge in [-0.25, -0.2) is 0 Å². The summed E-state index contributed by atoms with van der Waals surface area (Å²) < 4.78 is 5.69. The van der Waals surface area contributed by atoms with E-state index in [1.807, 2.05) is 13.8 Å². The molecule has 3 N–H and O–H groups in total. The quantitative estimate of drug-likeness (QED) is 0.781. The van der Waals surface area contributed by atoms with Crippen LogP contribution < -0.4 is 5.73 Å². The zero-order valence-corrected chi connectivity index (χ0v) is 9.42. The first-order chi connectivity index (χ1) is 7.11. The highest BCUT2D eigenvalue weighted by molar-refractivity contribution is 5.37. The van der Waals surface area contributed by atoms with Gasteiger partial charge in [0.15, 0.2) is 0 Å². The third kappa shape index (κ3) is 1.82. The molecule has 0 fully saturated rings. The lowest BCUT2D eigenvalue weighted by Gasteiger charge is -2.17. The van der Waals surface area contributed by atoms with Crippen molar-refractivity contribution in [2.45, 2.75) is 51.7 Å². The van der Waals surface area contributed by atoms with Crippen LogP contribution in [0.2, 0.25) is 0 Å². The van der Waals surface area contributed by atoms with Gasteiger partial charge in [-0.1, -0.05) is 0 Å². The summed E-state index contributed by atoms with van der Waals surface area (Å²) in [4.78, 5) is 0. The van der Waals surface area contributed by atoms with E-state index in [0.29, 0.717) is 0 Å². The lowest BCUT2D eigenvalue weighted by molar-refractivity contribution is 0.150. The summed E-state index contributed by atoms with van der Waals surface area (Å²) in [5.74, 6) is 1.90. The van der Waals surface area contributed by atoms with Crippen LogP contribution in [-0.4, -0.2) is 11.1 Å². The molecule has 1 aliphatic carbocycles. The average Bonchev–Trinajstić information content (AvgIpc) is 2.52. The van der Waals surface area contributed by atoms with E-state index in [-0.39, 0.29) is 6.04 Å². The van der Waals surface area contributed by atoms with Crippen LogP contribution in [0.1, 0.15) is 48.5 Å². The topological polar surface area (TPSA) is 59.4 Å². The number of rotatable bonds is 2. The summed E-state index contributed by atoms with van der Waals surface area (Å²) in [7, 11) is 0. The normalized spacial score (nSPS) is 19.7. The fourth-order valence-electron chi connectivity index (χ4n) is 2.38. The highest BCUT2D eigenvalue weighted by Crippen LogP contribution is 2.34. The minimum absolute atomic E-state index is 0.243. The molecule has 1 aromatic rings. The maximum atomic E-state index is 10.0. The van der Waals surface area contributed by atoms with Crippen LogP contribution in [-0.2, 0) is 12.8 Å². The van der Waals surface area contributed by atoms with Crippen LogP contribution in [0.25, 0.3) is 0 Å². The van der Waals surface area contributed by atoms with E-state index in [1.165, 1.54) is 18.4 Å². The van der Waals surface area contributed by atoms with Crippen molar-refractivity contribution in [3.05, 3.63) is 22.6 Å². The maximum absolute atomic E-state index is 10.0. The Hall–Kier alpha value is -0.800. The molecule has 0 radical (unpaired) electrons. The Morgan fingerprint density at radius 1 is 1.33 bits per heavy atom. The van der Waals surface area contributed by atoms with Gasteiger partial charge in [0.2, 0.25) is 0 Å². The van der Waals surface area contributed by atoms with Gasteiger partial charge < -0.3 is 15.3 Å². The first-order valence-electron chi connectivity index (χ1n) is 5.66. The third-order valence-corrected chi connectivity index (χ3v) is 3.19. The number of furan rings is 1. The second-order valence-corrected chi connectivity index (χ2v) is 4.48. The van der Waals surface area contributed by atoms with E-state index in [9.17, 15) is 5.11 Å². The summed E-state index contributed by atoms with van der Waals surface area (Å²) in [6, 6.07) is -0.243. The lowest BCUT2D eigenvalue weighted by atomic mass is 9.91. The van der Waals surface area contributed by atoms with E-state index in [0.717, 1.165) is 29.9 Å². The fourth-order valence-corrected chi connectivity index (χ4v) is 2.38. The molecule has 1 aliphatic rings. The number of aryl methyl sites for hydroxylation is 2. The van der Waals surface area contributed by atoms with E-state index in [1.54, 1.807) is 0 Å². The standard InChI is InChI=1S/C12H19NO2/c1-7(13)12(14)11-8(2)15-10-6-4-3-5-9(10)11/h7,12,14H,3-6,13H2,1-2H3. The first kappa shape index (κ1) is 10.7. The molecular weight excluding hydrogens is 190 g/mol. The smallest absolute Gasteiger partial charge is 0.107 e. The summed E-state index contributed by atoms with van der Waals surface area (Å²) in [5.41, 5.74) is 7.89. The molecule has 1 heterocycles. The van der Waals surface area contributed by atoms with Gasteiger partial charge in [0, 0.05) is 18.0 Å². The average molecular weight is 209 g/mol.